The van der Waals surface area contributed by atoms with Gasteiger partial charge in [0, 0.05) is 18.4 Å². The van der Waals surface area contributed by atoms with Crippen LogP contribution in [-0.4, -0.2) is 19.0 Å². The van der Waals surface area contributed by atoms with E-state index in [2.05, 4.69) is 0 Å². The number of hydrogen-bond acceptors (Lipinski definition) is 2. The van der Waals surface area contributed by atoms with Gasteiger partial charge in [0.05, 0.1) is 13.2 Å². The molecule has 1 aromatic rings. The van der Waals surface area contributed by atoms with E-state index in [-0.39, 0.29) is 11.5 Å². The zero-order valence-electron chi connectivity index (χ0n) is 10.4. The Kier molecular flexibility index (Phi) is 3.27. The number of benzene rings is 1. The topological polar surface area (TPSA) is 18.5 Å². The summed E-state index contributed by atoms with van der Waals surface area (Å²) in [5.41, 5.74) is -0.132. The van der Waals surface area contributed by atoms with Gasteiger partial charge in [0.25, 0.3) is 0 Å². The predicted octanol–water partition coefficient (Wildman–Crippen LogP) is 3.50. The van der Waals surface area contributed by atoms with Gasteiger partial charge in [-0.25, -0.2) is 13.2 Å². The maximum absolute atomic E-state index is 13.7. The van der Waals surface area contributed by atoms with Crippen molar-refractivity contribution in [1.29, 1.82) is 0 Å². The Hall–Kier alpha value is -1.07. The van der Waals surface area contributed by atoms with Crippen LogP contribution in [0.5, 0.6) is 0 Å². The zero-order chi connectivity index (χ0) is 13.5. The minimum Gasteiger partial charge on any atom is -0.348 e. The summed E-state index contributed by atoms with van der Waals surface area (Å²) in [6.07, 6.45) is 2.26. The van der Waals surface area contributed by atoms with Crippen LogP contribution >= 0.6 is 0 Å². The van der Waals surface area contributed by atoms with E-state index in [1.54, 1.807) is 0 Å². The summed E-state index contributed by atoms with van der Waals surface area (Å²) >= 11 is 0. The lowest BCUT2D eigenvalue weighted by molar-refractivity contribution is -0.179. The molecule has 0 unspecified atom stereocenters. The molecule has 3 rings (SSSR count). The third-order valence-electron chi connectivity index (χ3n) is 4.05. The molecular formula is C14H15F3O2. The van der Waals surface area contributed by atoms with Gasteiger partial charge in [0.1, 0.15) is 5.82 Å². The Morgan fingerprint density at radius 3 is 2.16 bits per heavy atom. The molecule has 0 radical (unpaired) electrons. The molecule has 1 aliphatic heterocycles. The SMILES string of the molecule is Fc1ccc(F)c(C2CCC3(CC2)OCCO3)c1F. The molecule has 1 spiro atoms. The van der Waals surface area contributed by atoms with Crippen molar-refractivity contribution in [3.8, 4) is 0 Å². The van der Waals surface area contributed by atoms with Crippen molar-refractivity contribution in [2.45, 2.75) is 37.4 Å². The lowest BCUT2D eigenvalue weighted by atomic mass is 9.80. The molecule has 0 bridgehead atoms. The second-order valence-corrected chi connectivity index (χ2v) is 5.14. The quantitative estimate of drug-likeness (QED) is 0.728. The Labute approximate surface area is 109 Å². The maximum Gasteiger partial charge on any atom is 0.168 e. The molecule has 1 saturated carbocycles. The van der Waals surface area contributed by atoms with Gasteiger partial charge in [-0.3, -0.25) is 0 Å². The highest BCUT2D eigenvalue weighted by atomic mass is 19.2. The monoisotopic (exact) mass is 272 g/mol. The molecule has 0 amide bonds. The van der Waals surface area contributed by atoms with Gasteiger partial charge < -0.3 is 9.47 Å². The van der Waals surface area contributed by atoms with E-state index >= 15 is 0 Å². The summed E-state index contributed by atoms with van der Waals surface area (Å²) in [7, 11) is 0. The average molecular weight is 272 g/mol. The molecule has 0 atom stereocenters. The van der Waals surface area contributed by atoms with E-state index < -0.39 is 23.2 Å². The van der Waals surface area contributed by atoms with Crippen LogP contribution in [0, 0.1) is 17.5 Å². The number of ether oxygens (including phenoxy) is 2. The smallest absolute Gasteiger partial charge is 0.168 e. The second kappa shape index (κ2) is 4.80. The largest absolute Gasteiger partial charge is 0.348 e. The van der Waals surface area contributed by atoms with Crippen molar-refractivity contribution >= 4 is 0 Å². The molecule has 1 heterocycles. The first kappa shape index (κ1) is 12.9. The first-order chi connectivity index (χ1) is 9.11. The molecule has 1 aliphatic carbocycles. The Balaban J connectivity index is 1.80. The highest BCUT2D eigenvalue weighted by Gasteiger charge is 2.41. The van der Waals surface area contributed by atoms with E-state index in [1.165, 1.54) is 0 Å². The lowest BCUT2D eigenvalue weighted by Crippen LogP contribution is -2.35. The van der Waals surface area contributed by atoms with Gasteiger partial charge in [-0.05, 0) is 30.9 Å². The van der Waals surface area contributed by atoms with Crippen LogP contribution in [0.15, 0.2) is 12.1 Å². The van der Waals surface area contributed by atoms with Crippen molar-refractivity contribution in [1.82, 2.24) is 0 Å². The molecule has 2 aliphatic rings. The van der Waals surface area contributed by atoms with Crippen molar-refractivity contribution < 1.29 is 22.6 Å². The normalized spacial score (nSPS) is 23.1. The molecule has 5 heteroatoms. The van der Waals surface area contributed by atoms with Gasteiger partial charge in [0.15, 0.2) is 17.4 Å². The third kappa shape index (κ3) is 2.25. The molecule has 1 saturated heterocycles. The highest BCUT2D eigenvalue weighted by Crippen LogP contribution is 2.43. The molecule has 0 N–H and O–H groups in total. The van der Waals surface area contributed by atoms with E-state index in [1.807, 2.05) is 0 Å². The standard InChI is InChI=1S/C14H15F3O2/c15-10-1-2-11(16)13(17)12(10)9-3-5-14(6-4-9)18-7-8-19-14/h1-2,9H,3-8H2. The Morgan fingerprint density at radius 1 is 0.947 bits per heavy atom. The van der Waals surface area contributed by atoms with Gasteiger partial charge in [0.2, 0.25) is 0 Å². The van der Waals surface area contributed by atoms with Crippen molar-refractivity contribution in [3.63, 3.8) is 0 Å². The molecule has 2 nitrogen and oxygen atoms in total. The fraction of sp³-hybridized carbons (Fsp3) is 0.571. The van der Waals surface area contributed by atoms with Gasteiger partial charge in [-0.2, -0.15) is 0 Å². The van der Waals surface area contributed by atoms with Gasteiger partial charge >= 0.3 is 0 Å². The molecular weight excluding hydrogens is 257 g/mol. The summed E-state index contributed by atoms with van der Waals surface area (Å²) in [6, 6.07) is 1.81. The Bertz CT molecular complexity index is 474. The predicted molar refractivity (Wildman–Crippen MR) is 62.2 cm³/mol. The van der Waals surface area contributed by atoms with Crippen molar-refractivity contribution in [2.24, 2.45) is 0 Å². The minimum atomic E-state index is -1.06. The zero-order valence-corrected chi connectivity index (χ0v) is 10.4. The van der Waals surface area contributed by atoms with E-state index in [4.69, 9.17) is 9.47 Å². The number of hydrogen-bond donors (Lipinski definition) is 0. The number of rotatable bonds is 1. The van der Waals surface area contributed by atoms with Crippen LogP contribution in [0.2, 0.25) is 0 Å². The maximum atomic E-state index is 13.7. The van der Waals surface area contributed by atoms with Crippen LogP contribution in [0.4, 0.5) is 13.2 Å². The highest BCUT2D eigenvalue weighted by molar-refractivity contribution is 5.25. The molecule has 2 fully saturated rings. The fourth-order valence-corrected chi connectivity index (χ4v) is 3.05. The van der Waals surface area contributed by atoms with E-state index in [0.717, 1.165) is 12.1 Å². The van der Waals surface area contributed by atoms with Gasteiger partial charge in [-0.1, -0.05) is 0 Å². The van der Waals surface area contributed by atoms with Crippen LogP contribution in [-0.2, 0) is 9.47 Å². The van der Waals surface area contributed by atoms with Crippen molar-refractivity contribution in [3.05, 3.63) is 35.1 Å². The van der Waals surface area contributed by atoms with Crippen LogP contribution in [0.3, 0.4) is 0 Å². The van der Waals surface area contributed by atoms with Gasteiger partial charge in [-0.15, -0.1) is 0 Å². The summed E-state index contributed by atoms with van der Waals surface area (Å²) in [5, 5.41) is 0. The Morgan fingerprint density at radius 2 is 1.53 bits per heavy atom. The van der Waals surface area contributed by atoms with Crippen LogP contribution in [0.1, 0.15) is 37.2 Å². The summed E-state index contributed by atoms with van der Waals surface area (Å²) in [4.78, 5) is 0. The van der Waals surface area contributed by atoms with E-state index in [9.17, 15) is 13.2 Å². The van der Waals surface area contributed by atoms with Crippen LogP contribution < -0.4 is 0 Å². The molecule has 0 aromatic heterocycles. The average Bonchev–Trinajstić information content (AvgIpc) is 2.85. The minimum absolute atomic E-state index is 0.132. The summed E-state index contributed by atoms with van der Waals surface area (Å²) in [5.74, 6) is -3.61. The third-order valence-corrected chi connectivity index (χ3v) is 4.05. The molecule has 19 heavy (non-hydrogen) atoms. The molecule has 1 aromatic carbocycles. The number of halogens is 3. The second-order valence-electron chi connectivity index (χ2n) is 5.14. The summed E-state index contributed by atoms with van der Waals surface area (Å²) < 4.78 is 51.8. The lowest BCUT2D eigenvalue weighted by Gasteiger charge is -2.35. The molecule has 104 valence electrons. The van der Waals surface area contributed by atoms with Crippen LogP contribution in [0.25, 0.3) is 0 Å². The first-order valence-corrected chi connectivity index (χ1v) is 6.53. The first-order valence-electron chi connectivity index (χ1n) is 6.53. The summed E-state index contributed by atoms with van der Waals surface area (Å²) in [6.45, 7) is 1.13. The fourth-order valence-electron chi connectivity index (χ4n) is 3.05. The van der Waals surface area contributed by atoms with Crippen molar-refractivity contribution in [2.75, 3.05) is 13.2 Å². The van der Waals surface area contributed by atoms with E-state index in [0.29, 0.717) is 38.9 Å².